The second-order valence-corrected chi connectivity index (χ2v) is 5.18. The van der Waals surface area contributed by atoms with E-state index in [2.05, 4.69) is 15.3 Å². The third-order valence-electron chi connectivity index (χ3n) is 3.73. The van der Waals surface area contributed by atoms with E-state index >= 15 is 0 Å². The fourth-order valence-electron chi connectivity index (χ4n) is 2.35. The first-order valence-electron chi connectivity index (χ1n) is 6.75. The van der Waals surface area contributed by atoms with E-state index in [9.17, 15) is 4.79 Å². The molecule has 3 rings (SSSR count). The number of hydrogen-bond donors (Lipinski definition) is 0. The van der Waals surface area contributed by atoms with Crippen molar-refractivity contribution < 1.29 is 4.79 Å². The van der Waals surface area contributed by atoms with Gasteiger partial charge in [0.1, 0.15) is 5.69 Å². The first kappa shape index (κ1) is 12.8. The van der Waals surface area contributed by atoms with Crippen LogP contribution in [0.1, 0.15) is 33.7 Å². The summed E-state index contributed by atoms with van der Waals surface area (Å²) in [6, 6.07) is 1.86. The van der Waals surface area contributed by atoms with E-state index in [1.165, 1.54) is 0 Å². The number of carbonyl (C=O) groups excluding carboxylic acids is 1. The van der Waals surface area contributed by atoms with Crippen LogP contribution in [0.2, 0.25) is 0 Å². The fourth-order valence-corrected chi connectivity index (χ4v) is 2.35. The van der Waals surface area contributed by atoms with Crippen molar-refractivity contribution in [3.8, 4) is 0 Å². The molecule has 3 heterocycles. The van der Waals surface area contributed by atoms with Crippen LogP contribution in [0.3, 0.4) is 0 Å². The topological polar surface area (TPSA) is 63.9 Å². The molecular formula is C14H17N5O. The average Bonchev–Trinajstić information content (AvgIpc) is 2.78. The lowest BCUT2D eigenvalue weighted by Gasteiger charge is -2.19. The molecule has 0 unspecified atom stereocenters. The molecular weight excluding hydrogens is 254 g/mol. The van der Waals surface area contributed by atoms with Gasteiger partial charge in [0, 0.05) is 19.3 Å². The van der Waals surface area contributed by atoms with Crippen LogP contribution in [-0.2, 0) is 13.1 Å². The highest BCUT2D eigenvalue weighted by Gasteiger charge is 2.22. The highest BCUT2D eigenvalue weighted by atomic mass is 16.2. The van der Waals surface area contributed by atoms with Gasteiger partial charge < -0.3 is 4.90 Å². The van der Waals surface area contributed by atoms with Gasteiger partial charge in [-0.1, -0.05) is 5.21 Å². The summed E-state index contributed by atoms with van der Waals surface area (Å²) < 4.78 is 1.86. The zero-order valence-corrected chi connectivity index (χ0v) is 11.7. The summed E-state index contributed by atoms with van der Waals surface area (Å²) in [7, 11) is 0. The first-order chi connectivity index (χ1) is 9.65. The van der Waals surface area contributed by atoms with Gasteiger partial charge in [0.15, 0.2) is 0 Å². The Labute approximate surface area is 117 Å². The molecule has 0 fully saturated rings. The van der Waals surface area contributed by atoms with Crippen LogP contribution in [0, 0.1) is 13.8 Å². The summed E-state index contributed by atoms with van der Waals surface area (Å²) in [5.74, 6) is -0.0252. The summed E-state index contributed by atoms with van der Waals surface area (Å²) in [5, 5.41) is 7.92. The van der Waals surface area contributed by atoms with E-state index in [-0.39, 0.29) is 5.91 Å². The third-order valence-corrected chi connectivity index (χ3v) is 3.73. The Morgan fingerprint density at radius 1 is 1.20 bits per heavy atom. The molecule has 0 saturated carbocycles. The van der Waals surface area contributed by atoms with Gasteiger partial charge in [-0.2, -0.15) is 0 Å². The zero-order valence-electron chi connectivity index (χ0n) is 11.7. The normalized spacial score (nSPS) is 14.8. The first-order valence-corrected chi connectivity index (χ1v) is 6.75. The standard InChI is InChI=1S/C14H17N5O/c1-10-6-13(15-7-11(10)2)14(20)18-4-3-5-19-12(9-18)8-16-17-19/h6-8H,3-5,9H2,1-2H3. The predicted molar refractivity (Wildman–Crippen MR) is 73.1 cm³/mol. The molecule has 0 bridgehead atoms. The number of rotatable bonds is 1. The van der Waals surface area contributed by atoms with Crippen LogP contribution in [0.4, 0.5) is 0 Å². The Morgan fingerprint density at radius 2 is 2.05 bits per heavy atom. The summed E-state index contributed by atoms with van der Waals surface area (Å²) in [4.78, 5) is 18.6. The Kier molecular flexibility index (Phi) is 3.22. The smallest absolute Gasteiger partial charge is 0.272 e. The number of aromatic nitrogens is 4. The van der Waals surface area contributed by atoms with E-state index in [0.29, 0.717) is 12.2 Å². The molecule has 0 radical (unpaired) electrons. The third kappa shape index (κ3) is 2.29. The second kappa shape index (κ2) is 5.03. The molecule has 2 aromatic heterocycles. The Balaban J connectivity index is 1.85. The highest BCUT2D eigenvalue weighted by molar-refractivity contribution is 5.92. The molecule has 0 N–H and O–H groups in total. The van der Waals surface area contributed by atoms with Gasteiger partial charge in [-0.15, -0.1) is 5.10 Å². The quantitative estimate of drug-likeness (QED) is 0.785. The van der Waals surface area contributed by atoms with Gasteiger partial charge >= 0.3 is 0 Å². The molecule has 1 aliphatic heterocycles. The molecule has 20 heavy (non-hydrogen) atoms. The number of nitrogens with zero attached hydrogens (tertiary/aromatic N) is 5. The molecule has 0 aliphatic carbocycles. The minimum absolute atomic E-state index is 0.0252. The maximum Gasteiger partial charge on any atom is 0.272 e. The molecule has 104 valence electrons. The number of aryl methyl sites for hydroxylation is 3. The van der Waals surface area contributed by atoms with Crippen molar-refractivity contribution in [2.24, 2.45) is 0 Å². The maximum absolute atomic E-state index is 12.6. The lowest BCUT2D eigenvalue weighted by Crippen LogP contribution is -2.31. The SMILES string of the molecule is Cc1cnc(C(=O)N2CCCn3nncc3C2)cc1C. The number of hydrogen-bond acceptors (Lipinski definition) is 4. The number of fused-ring (bicyclic) bond motifs is 1. The van der Waals surface area contributed by atoms with Crippen molar-refractivity contribution >= 4 is 5.91 Å². The van der Waals surface area contributed by atoms with E-state index in [0.717, 1.165) is 36.3 Å². The van der Waals surface area contributed by atoms with Crippen molar-refractivity contribution in [3.63, 3.8) is 0 Å². The average molecular weight is 271 g/mol. The molecule has 6 heteroatoms. The number of amides is 1. The van der Waals surface area contributed by atoms with Crippen molar-refractivity contribution in [2.75, 3.05) is 6.54 Å². The molecule has 1 aliphatic rings. The van der Waals surface area contributed by atoms with E-state index in [1.54, 1.807) is 12.4 Å². The van der Waals surface area contributed by atoms with Crippen molar-refractivity contribution in [3.05, 3.63) is 41.0 Å². The van der Waals surface area contributed by atoms with Crippen molar-refractivity contribution in [2.45, 2.75) is 33.4 Å². The van der Waals surface area contributed by atoms with E-state index in [1.807, 2.05) is 29.5 Å². The van der Waals surface area contributed by atoms with Crippen molar-refractivity contribution in [1.29, 1.82) is 0 Å². The maximum atomic E-state index is 12.6. The predicted octanol–water partition coefficient (Wildman–Crippen LogP) is 1.34. The minimum atomic E-state index is -0.0252. The van der Waals surface area contributed by atoms with Crippen LogP contribution >= 0.6 is 0 Å². The Morgan fingerprint density at radius 3 is 2.85 bits per heavy atom. The molecule has 6 nitrogen and oxygen atoms in total. The summed E-state index contributed by atoms with van der Waals surface area (Å²) in [5.41, 5.74) is 3.67. The monoisotopic (exact) mass is 271 g/mol. The lowest BCUT2D eigenvalue weighted by atomic mass is 10.1. The van der Waals surface area contributed by atoms with Gasteiger partial charge in [-0.3, -0.25) is 9.78 Å². The van der Waals surface area contributed by atoms with E-state index < -0.39 is 0 Å². The molecule has 1 amide bonds. The molecule has 2 aromatic rings. The second-order valence-electron chi connectivity index (χ2n) is 5.18. The molecule has 0 saturated heterocycles. The van der Waals surface area contributed by atoms with Crippen LogP contribution in [0.5, 0.6) is 0 Å². The van der Waals surface area contributed by atoms with E-state index in [4.69, 9.17) is 0 Å². The Hall–Kier alpha value is -2.24. The van der Waals surface area contributed by atoms with Gasteiger partial charge in [0.2, 0.25) is 0 Å². The summed E-state index contributed by atoms with van der Waals surface area (Å²) in [6.07, 6.45) is 4.36. The summed E-state index contributed by atoms with van der Waals surface area (Å²) in [6.45, 7) is 6.05. The van der Waals surface area contributed by atoms with Crippen LogP contribution < -0.4 is 0 Å². The highest BCUT2D eigenvalue weighted by Crippen LogP contribution is 2.14. The summed E-state index contributed by atoms with van der Waals surface area (Å²) >= 11 is 0. The van der Waals surface area contributed by atoms with Gasteiger partial charge in [0.05, 0.1) is 18.4 Å². The number of pyridine rings is 1. The Bertz CT molecular complexity index is 649. The minimum Gasteiger partial charge on any atom is -0.331 e. The molecule has 0 spiro atoms. The number of carbonyl (C=O) groups is 1. The van der Waals surface area contributed by atoms with Crippen LogP contribution in [0.25, 0.3) is 0 Å². The molecule has 0 aromatic carbocycles. The van der Waals surface area contributed by atoms with Gasteiger partial charge in [-0.25, -0.2) is 4.68 Å². The fraction of sp³-hybridized carbons (Fsp3) is 0.429. The van der Waals surface area contributed by atoms with Crippen molar-refractivity contribution in [1.82, 2.24) is 24.9 Å². The van der Waals surface area contributed by atoms with Gasteiger partial charge in [-0.05, 0) is 37.5 Å². The van der Waals surface area contributed by atoms with Crippen LogP contribution in [0.15, 0.2) is 18.5 Å². The molecule has 0 atom stereocenters. The van der Waals surface area contributed by atoms with Gasteiger partial charge in [0.25, 0.3) is 5.91 Å². The van der Waals surface area contributed by atoms with Crippen LogP contribution in [-0.4, -0.2) is 37.3 Å². The lowest BCUT2D eigenvalue weighted by molar-refractivity contribution is 0.0739. The largest absolute Gasteiger partial charge is 0.331 e. The zero-order chi connectivity index (χ0) is 14.1.